The monoisotopic (exact) mass is 561 g/mol. The van der Waals surface area contributed by atoms with E-state index in [0.29, 0.717) is 29.2 Å². The highest BCUT2D eigenvalue weighted by atomic mass is 32.2. The van der Waals surface area contributed by atoms with E-state index >= 15 is 0 Å². The number of aromatic nitrogens is 4. The maximum atomic E-state index is 13.7. The molecule has 1 aliphatic heterocycles. The number of hydrogen-bond donors (Lipinski definition) is 1. The van der Waals surface area contributed by atoms with Gasteiger partial charge in [0.2, 0.25) is 10.0 Å². The van der Waals surface area contributed by atoms with Crippen LogP contribution in [0.2, 0.25) is 0 Å². The molecule has 2 aliphatic rings. The van der Waals surface area contributed by atoms with Gasteiger partial charge in [-0.3, -0.25) is 4.68 Å². The Balaban J connectivity index is 0.00000323. The first kappa shape index (κ1) is 27.8. The van der Waals surface area contributed by atoms with Crippen LogP contribution in [0.3, 0.4) is 0 Å². The zero-order valence-corrected chi connectivity index (χ0v) is 23.0. The van der Waals surface area contributed by atoms with Crippen LogP contribution in [0.1, 0.15) is 70.9 Å². The molecule has 6 rings (SSSR count). The minimum Gasteiger partial charge on any atom is -0.478 e. The molecule has 3 heterocycles. The van der Waals surface area contributed by atoms with Gasteiger partial charge in [0.15, 0.2) is 0 Å². The molecule has 9 nitrogen and oxygen atoms in total. The van der Waals surface area contributed by atoms with Crippen molar-refractivity contribution in [1.82, 2.24) is 23.9 Å². The molecular weight excluding hydrogens is 526 g/mol. The summed E-state index contributed by atoms with van der Waals surface area (Å²) < 4.78 is 32.4. The van der Waals surface area contributed by atoms with Crippen molar-refractivity contribution in [2.24, 2.45) is 13.0 Å². The van der Waals surface area contributed by atoms with Gasteiger partial charge in [-0.15, -0.1) is 0 Å². The zero-order chi connectivity index (χ0) is 27.5. The third-order valence-corrected chi connectivity index (χ3v) is 9.68. The summed E-state index contributed by atoms with van der Waals surface area (Å²) in [7, 11) is -1.81. The molecule has 210 valence electrons. The first-order chi connectivity index (χ1) is 18.6. The maximum absolute atomic E-state index is 13.7. The molecule has 0 amide bonds. The van der Waals surface area contributed by atoms with E-state index in [1.54, 1.807) is 19.7 Å². The van der Waals surface area contributed by atoms with E-state index in [4.69, 9.17) is 0 Å². The second-order valence-corrected chi connectivity index (χ2v) is 12.9. The van der Waals surface area contributed by atoms with Crippen molar-refractivity contribution in [3.63, 3.8) is 0 Å². The Morgan fingerprint density at radius 2 is 1.90 bits per heavy atom. The fourth-order valence-electron chi connectivity index (χ4n) is 5.87. The highest BCUT2D eigenvalue weighted by Gasteiger charge is 2.45. The summed E-state index contributed by atoms with van der Waals surface area (Å²) in [5, 5.41) is 18.6. The lowest BCUT2D eigenvalue weighted by Crippen LogP contribution is -2.32. The molecule has 1 saturated carbocycles. The number of fused-ring (bicyclic) bond motifs is 1. The van der Waals surface area contributed by atoms with E-state index in [-0.39, 0.29) is 37.3 Å². The van der Waals surface area contributed by atoms with Gasteiger partial charge in [-0.2, -0.15) is 14.5 Å². The van der Waals surface area contributed by atoms with Gasteiger partial charge in [0.1, 0.15) is 5.56 Å². The van der Waals surface area contributed by atoms with Crippen molar-refractivity contribution >= 4 is 16.0 Å². The zero-order valence-electron chi connectivity index (χ0n) is 22.2. The van der Waals surface area contributed by atoms with Crippen LogP contribution in [0.5, 0.6) is 0 Å². The van der Waals surface area contributed by atoms with E-state index in [1.807, 2.05) is 62.8 Å². The number of hydrogen-bond acceptors (Lipinski definition) is 5. The lowest BCUT2D eigenvalue weighted by molar-refractivity contribution is 0.0695. The van der Waals surface area contributed by atoms with Crippen molar-refractivity contribution in [3.05, 3.63) is 94.6 Å². The minimum absolute atomic E-state index is 0. The molecule has 10 heteroatoms. The van der Waals surface area contributed by atoms with Crippen molar-refractivity contribution < 1.29 is 18.3 Å². The second kappa shape index (κ2) is 10.3. The Hall–Kier alpha value is -3.76. The van der Waals surface area contributed by atoms with Crippen LogP contribution < -0.4 is 0 Å². The van der Waals surface area contributed by atoms with Gasteiger partial charge >= 0.3 is 5.97 Å². The van der Waals surface area contributed by atoms with Gasteiger partial charge in [0.25, 0.3) is 0 Å². The fourth-order valence-corrected chi connectivity index (χ4v) is 7.63. The first-order valence-corrected chi connectivity index (χ1v) is 14.5. The molecule has 3 atom stereocenters. The van der Waals surface area contributed by atoms with Crippen LogP contribution in [-0.4, -0.2) is 49.9 Å². The van der Waals surface area contributed by atoms with Crippen LogP contribution in [-0.2, 0) is 30.0 Å². The molecule has 4 aromatic rings. The molecule has 1 fully saturated rings. The van der Waals surface area contributed by atoms with Gasteiger partial charge in [-0.1, -0.05) is 44.2 Å². The number of benzene rings is 2. The third kappa shape index (κ3) is 4.97. The van der Waals surface area contributed by atoms with Crippen molar-refractivity contribution in [3.8, 4) is 5.69 Å². The molecule has 1 aliphatic carbocycles. The molecule has 0 unspecified atom stereocenters. The van der Waals surface area contributed by atoms with Crippen LogP contribution in [0.15, 0.2) is 66.0 Å². The quantitative estimate of drug-likeness (QED) is 0.359. The number of carboxylic acids is 1. The van der Waals surface area contributed by atoms with Gasteiger partial charge in [-0.05, 0) is 66.5 Å². The number of rotatable bonds is 6. The summed E-state index contributed by atoms with van der Waals surface area (Å²) >= 11 is 0. The molecule has 0 radical (unpaired) electrons. The summed E-state index contributed by atoms with van der Waals surface area (Å²) in [6.45, 7) is 4.70. The average molecular weight is 562 g/mol. The topological polar surface area (TPSA) is 110 Å². The molecule has 1 N–H and O–H groups in total. The Labute approximate surface area is 235 Å². The number of aromatic carboxylic acids is 1. The van der Waals surface area contributed by atoms with E-state index in [2.05, 4.69) is 17.1 Å². The fraction of sp³-hybridized carbons (Fsp3) is 0.367. The predicted octanol–water partition coefficient (Wildman–Crippen LogP) is 4.90. The summed E-state index contributed by atoms with van der Waals surface area (Å²) in [6, 6.07) is 13.1. The van der Waals surface area contributed by atoms with Crippen LogP contribution in [0.4, 0.5) is 0 Å². The standard InChI is InChI=1S/C29H31N5O4S.CH4/c1-18-7-8-27-21(9-18)10-19(2)15-33(39(27,37)38)16-20-5-4-6-23(11-20)34-28(26(14-31-34)29(35)36)25-12-24(25)22-13-30-32(3)17-22;/h4-9,11,13-14,17,19,24-25H,10,12,15-16H2,1-3H3,(H,35,36);1H4/t19-,24+,25-;/m1./s1. The number of carbonyl (C=O) groups is 1. The Morgan fingerprint density at radius 3 is 2.62 bits per heavy atom. The molecular formula is C30H35N5O4S. The molecule has 2 aromatic carbocycles. The smallest absolute Gasteiger partial charge is 0.339 e. The Bertz CT molecular complexity index is 1690. The summed E-state index contributed by atoms with van der Waals surface area (Å²) in [5.74, 6) is -0.648. The van der Waals surface area contributed by atoms with E-state index < -0.39 is 16.0 Å². The third-order valence-electron chi connectivity index (χ3n) is 7.76. The summed E-state index contributed by atoms with van der Waals surface area (Å²) in [5.41, 5.74) is 5.38. The van der Waals surface area contributed by atoms with Crippen molar-refractivity contribution in [1.29, 1.82) is 0 Å². The molecule has 0 spiro atoms. The lowest BCUT2D eigenvalue weighted by atomic mass is 9.99. The lowest BCUT2D eigenvalue weighted by Gasteiger charge is -2.22. The van der Waals surface area contributed by atoms with E-state index in [1.165, 1.54) is 6.20 Å². The van der Waals surface area contributed by atoms with E-state index in [9.17, 15) is 18.3 Å². The summed E-state index contributed by atoms with van der Waals surface area (Å²) in [6.07, 6.45) is 6.73. The predicted molar refractivity (Wildman–Crippen MR) is 152 cm³/mol. The molecule has 0 saturated heterocycles. The normalized spacial score (nSPS) is 21.7. The maximum Gasteiger partial charge on any atom is 0.339 e. The van der Waals surface area contributed by atoms with Gasteiger partial charge in [0.05, 0.1) is 28.7 Å². The van der Waals surface area contributed by atoms with Crippen LogP contribution in [0, 0.1) is 12.8 Å². The molecule has 40 heavy (non-hydrogen) atoms. The van der Waals surface area contributed by atoms with E-state index in [0.717, 1.165) is 28.7 Å². The highest BCUT2D eigenvalue weighted by Crippen LogP contribution is 2.55. The van der Waals surface area contributed by atoms with Gasteiger partial charge < -0.3 is 5.11 Å². The average Bonchev–Trinajstić information content (AvgIpc) is 3.35. The SMILES string of the molecule is C.Cc1ccc2c(c1)C[C@@H](C)CN(Cc1cccc(-n3ncc(C(=O)O)c3[C@@H]3C[C@H]3c3cnn(C)c3)c1)S2(=O)=O. The Kier molecular flexibility index (Phi) is 7.18. The number of nitrogens with zero attached hydrogens (tertiary/aromatic N) is 5. The Morgan fingerprint density at radius 1 is 1.10 bits per heavy atom. The first-order valence-electron chi connectivity index (χ1n) is 13.1. The van der Waals surface area contributed by atoms with Crippen molar-refractivity contribution in [2.75, 3.05) is 6.54 Å². The van der Waals surface area contributed by atoms with Crippen LogP contribution in [0.25, 0.3) is 5.69 Å². The highest BCUT2D eigenvalue weighted by molar-refractivity contribution is 7.89. The van der Waals surface area contributed by atoms with Crippen LogP contribution >= 0.6 is 0 Å². The number of aryl methyl sites for hydroxylation is 2. The van der Waals surface area contributed by atoms with Crippen molar-refractivity contribution in [2.45, 2.75) is 57.4 Å². The largest absolute Gasteiger partial charge is 0.478 e. The van der Waals surface area contributed by atoms with Gasteiger partial charge in [-0.25, -0.2) is 17.9 Å². The minimum atomic E-state index is -3.67. The van der Waals surface area contributed by atoms with Gasteiger partial charge in [0, 0.05) is 32.3 Å². The molecule has 2 aromatic heterocycles. The second-order valence-electron chi connectivity index (χ2n) is 10.9. The number of carboxylic acid groups (broad SMARTS) is 1. The summed E-state index contributed by atoms with van der Waals surface area (Å²) in [4.78, 5) is 12.5. The number of sulfonamides is 1. The molecule has 0 bridgehead atoms.